The Kier molecular flexibility index (Phi) is 6.14. The van der Waals surface area contributed by atoms with Gasteiger partial charge in [0.1, 0.15) is 0 Å². The average molecular weight is 300 g/mol. The zero-order valence-electron chi connectivity index (χ0n) is 12.8. The quantitative estimate of drug-likeness (QED) is 0.685. The van der Waals surface area contributed by atoms with E-state index < -0.39 is 23.3 Å². The van der Waals surface area contributed by atoms with Crippen molar-refractivity contribution in [3.63, 3.8) is 0 Å². The van der Waals surface area contributed by atoms with Crippen molar-refractivity contribution in [2.75, 3.05) is 6.61 Å². The van der Waals surface area contributed by atoms with E-state index in [1.807, 2.05) is 6.92 Å². The number of amides is 3. The second kappa shape index (κ2) is 7.40. The molecule has 3 N–H and O–H groups in total. The minimum atomic E-state index is -0.968. The Bertz CT molecular complexity index is 402. The fourth-order valence-corrected chi connectivity index (χ4v) is 2.41. The molecule has 21 heavy (non-hydrogen) atoms. The molecular weight excluding hydrogens is 276 g/mol. The number of carboxylic acid groups (broad SMARTS) is 1. The zero-order chi connectivity index (χ0) is 16.0. The maximum absolute atomic E-state index is 11.8. The summed E-state index contributed by atoms with van der Waals surface area (Å²) in [6, 6.07) is -0.749. The molecule has 0 aromatic rings. The summed E-state index contributed by atoms with van der Waals surface area (Å²) in [5.74, 6) is -1.46. The summed E-state index contributed by atoms with van der Waals surface area (Å²) in [5, 5.41) is 13.7. The van der Waals surface area contributed by atoms with Gasteiger partial charge in [-0.1, -0.05) is 13.8 Å². The van der Waals surface area contributed by atoms with Crippen LogP contribution in [0.25, 0.3) is 0 Å². The van der Waals surface area contributed by atoms with Crippen LogP contribution < -0.4 is 10.6 Å². The SMILES string of the molecule is CC(NC(=O)NC(=O)CC(C)(C)CC(=O)O)C1CCCO1. The molecule has 1 saturated heterocycles. The summed E-state index contributed by atoms with van der Waals surface area (Å²) in [5.41, 5.74) is -0.698. The number of aliphatic carboxylic acids is 1. The number of urea groups is 1. The van der Waals surface area contributed by atoms with Gasteiger partial charge in [0, 0.05) is 13.0 Å². The van der Waals surface area contributed by atoms with E-state index in [-0.39, 0.29) is 25.0 Å². The van der Waals surface area contributed by atoms with Crippen LogP contribution in [0.1, 0.15) is 46.5 Å². The lowest BCUT2D eigenvalue weighted by atomic mass is 9.85. The van der Waals surface area contributed by atoms with Crippen LogP contribution >= 0.6 is 0 Å². The number of hydrogen-bond donors (Lipinski definition) is 3. The van der Waals surface area contributed by atoms with Crippen LogP contribution in [0.15, 0.2) is 0 Å². The molecular formula is C14H24N2O5. The molecule has 0 saturated carbocycles. The van der Waals surface area contributed by atoms with Crippen molar-refractivity contribution < 1.29 is 24.2 Å². The Morgan fingerprint density at radius 3 is 2.52 bits per heavy atom. The third-order valence-corrected chi connectivity index (χ3v) is 3.40. The van der Waals surface area contributed by atoms with E-state index in [2.05, 4.69) is 10.6 Å². The van der Waals surface area contributed by atoms with E-state index in [1.165, 1.54) is 0 Å². The molecule has 0 radical (unpaired) electrons. The largest absolute Gasteiger partial charge is 0.481 e. The van der Waals surface area contributed by atoms with Crippen LogP contribution in [0.5, 0.6) is 0 Å². The van der Waals surface area contributed by atoms with Gasteiger partial charge < -0.3 is 15.2 Å². The molecule has 7 nitrogen and oxygen atoms in total. The predicted octanol–water partition coefficient (Wildman–Crippen LogP) is 1.27. The first-order valence-corrected chi connectivity index (χ1v) is 7.13. The van der Waals surface area contributed by atoms with Gasteiger partial charge in [-0.2, -0.15) is 0 Å². The number of carbonyl (C=O) groups excluding carboxylic acids is 2. The Balaban J connectivity index is 2.36. The highest BCUT2D eigenvalue weighted by atomic mass is 16.5. The first-order valence-electron chi connectivity index (χ1n) is 7.13. The van der Waals surface area contributed by atoms with Crippen molar-refractivity contribution in [2.24, 2.45) is 5.41 Å². The second-order valence-electron chi connectivity index (χ2n) is 6.27. The first kappa shape index (κ1) is 17.4. The third-order valence-electron chi connectivity index (χ3n) is 3.40. The molecule has 1 aliphatic rings. The molecule has 1 aliphatic heterocycles. The summed E-state index contributed by atoms with van der Waals surface area (Å²) < 4.78 is 5.45. The molecule has 3 amide bonds. The molecule has 7 heteroatoms. The summed E-state index contributed by atoms with van der Waals surface area (Å²) in [4.78, 5) is 34.2. The Morgan fingerprint density at radius 2 is 2.00 bits per heavy atom. The molecule has 0 aromatic carbocycles. The molecule has 2 atom stereocenters. The molecule has 2 unspecified atom stereocenters. The molecule has 0 bridgehead atoms. The Hall–Kier alpha value is -1.63. The number of ether oxygens (including phenoxy) is 1. The lowest BCUT2D eigenvalue weighted by Gasteiger charge is -2.22. The molecule has 1 fully saturated rings. The summed E-state index contributed by atoms with van der Waals surface area (Å²) >= 11 is 0. The highest BCUT2D eigenvalue weighted by Crippen LogP contribution is 2.24. The van der Waals surface area contributed by atoms with Crippen molar-refractivity contribution in [1.82, 2.24) is 10.6 Å². The number of nitrogens with one attached hydrogen (secondary N) is 2. The predicted molar refractivity (Wildman–Crippen MR) is 75.8 cm³/mol. The molecule has 1 rings (SSSR count). The van der Waals surface area contributed by atoms with E-state index in [9.17, 15) is 14.4 Å². The molecule has 0 aliphatic carbocycles. The van der Waals surface area contributed by atoms with Crippen molar-refractivity contribution in [3.8, 4) is 0 Å². The second-order valence-corrected chi connectivity index (χ2v) is 6.27. The Morgan fingerprint density at radius 1 is 1.33 bits per heavy atom. The Labute approximate surface area is 124 Å². The van der Waals surface area contributed by atoms with Gasteiger partial charge in [0.25, 0.3) is 0 Å². The van der Waals surface area contributed by atoms with Crippen LogP contribution in [-0.2, 0) is 14.3 Å². The number of hydrogen-bond acceptors (Lipinski definition) is 4. The highest BCUT2D eigenvalue weighted by molar-refractivity contribution is 5.94. The first-order chi connectivity index (χ1) is 9.69. The van der Waals surface area contributed by atoms with Crippen molar-refractivity contribution in [1.29, 1.82) is 0 Å². The van der Waals surface area contributed by atoms with Crippen molar-refractivity contribution >= 4 is 17.9 Å². The van der Waals surface area contributed by atoms with E-state index in [0.29, 0.717) is 6.61 Å². The van der Waals surface area contributed by atoms with Crippen molar-refractivity contribution in [2.45, 2.75) is 58.6 Å². The van der Waals surface area contributed by atoms with Gasteiger partial charge in [0.2, 0.25) is 5.91 Å². The van der Waals surface area contributed by atoms with E-state index in [1.54, 1.807) is 13.8 Å². The maximum Gasteiger partial charge on any atom is 0.321 e. The van der Waals surface area contributed by atoms with Gasteiger partial charge in [-0.15, -0.1) is 0 Å². The molecule has 120 valence electrons. The standard InChI is InChI=1S/C14H24N2O5/c1-9(10-5-4-6-21-10)15-13(20)16-11(17)7-14(2,3)8-12(18)19/h9-10H,4-8H2,1-3H3,(H,18,19)(H2,15,16,17,20). The summed E-state index contributed by atoms with van der Waals surface area (Å²) in [6.07, 6.45) is 1.69. The fourth-order valence-electron chi connectivity index (χ4n) is 2.41. The van der Waals surface area contributed by atoms with Gasteiger partial charge in [0.05, 0.1) is 18.6 Å². The van der Waals surface area contributed by atoms with Gasteiger partial charge in [-0.25, -0.2) is 4.79 Å². The zero-order valence-corrected chi connectivity index (χ0v) is 12.8. The lowest BCUT2D eigenvalue weighted by Crippen LogP contribution is -2.48. The van der Waals surface area contributed by atoms with Crippen LogP contribution in [0.4, 0.5) is 4.79 Å². The van der Waals surface area contributed by atoms with E-state index in [4.69, 9.17) is 9.84 Å². The van der Waals surface area contributed by atoms with Crippen LogP contribution in [0, 0.1) is 5.41 Å². The van der Waals surface area contributed by atoms with E-state index >= 15 is 0 Å². The fraction of sp³-hybridized carbons (Fsp3) is 0.786. The van der Waals surface area contributed by atoms with Crippen molar-refractivity contribution in [3.05, 3.63) is 0 Å². The molecule has 0 aromatic heterocycles. The number of imide groups is 1. The maximum atomic E-state index is 11.8. The smallest absolute Gasteiger partial charge is 0.321 e. The minimum absolute atomic E-state index is 0.0192. The molecule has 1 heterocycles. The van der Waals surface area contributed by atoms with Gasteiger partial charge >= 0.3 is 12.0 Å². The van der Waals surface area contributed by atoms with E-state index in [0.717, 1.165) is 12.8 Å². The number of carbonyl (C=O) groups is 3. The normalized spacial score (nSPS) is 19.9. The third kappa shape index (κ3) is 6.57. The van der Waals surface area contributed by atoms with Crippen LogP contribution in [0.2, 0.25) is 0 Å². The summed E-state index contributed by atoms with van der Waals surface area (Å²) in [6.45, 7) is 5.87. The highest BCUT2D eigenvalue weighted by Gasteiger charge is 2.27. The van der Waals surface area contributed by atoms with Gasteiger partial charge in [-0.05, 0) is 25.2 Å². The minimum Gasteiger partial charge on any atom is -0.481 e. The average Bonchev–Trinajstić information content (AvgIpc) is 2.77. The van der Waals surface area contributed by atoms with Gasteiger partial charge in [-0.3, -0.25) is 14.9 Å². The molecule has 0 spiro atoms. The number of carboxylic acids is 1. The summed E-state index contributed by atoms with van der Waals surface area (Å²) in [7, 11) is 0. The van der Waals surface area contributed by atoms with Crippen LogP contribution in [-0.4, -0.2) is 41.8 Å². The van der Waals surface area contributed by atoms with Gasteiger partial charge in [0.15, 0.2) is 0 Å². The monoisotopic (exact) mass is 300 g/mol. The topological polar surface area (TPSA) is 105 Å². The number of rotatable bonds is 6. The lowest BCUT2D eigenvalue weighted by molar-refractivity contribution is -0.139. The van der Waals surface area contributed by atoms with Crippen LogP contribution in [0.3, 0.4) is 0 Å².